The molecule has 2 saturated heterocycles. The molecule has 6 heteroatoms. The van der Waals surface area contributed by atoms with E-state index in [2.05, 4.69) is 36.3 Å². The molecule has 2 aliphatic rings. The minimum absolute atomic E-state index is 0.115. The lowest BCUT2D eigenvalue weighted by Gasteiger charge is -2.27. The Labute approximate surface area is 146 Å². The lowest BCUT2D eigenvalue weighted by atomic mass is 10.0. The van der Waals surface area contributed by atoms with Crippen LogP contribution in [0.1, 0.15) is 59.3 Å². The third-order valence-electron chi connectivity index (χ3n) is 5.01. The molecule has 0 aromatic rings. The van der Waals surface area contributed by atoms with E-state index in [1.54, 1.807) is 0 Å². The quantitative estimate of drug-likeness (QED) is 0.524. The van der Waals surface area contributed by atoms with E-state index in [0.29, 0.717) is 24.9 Å². The van der Waals surface area contributed by atoms with E-state index in [4.69, 9.17) is 9.73 Å². The zero-order valence-corrected chi connectivity index (χ0v) is 15.6. The molecule has 2 aliphatic heterocycles. The van der Waals surface area contributed by atoms with Gasteiger partial charge >= 0.3 is 0 Å². The van der Waals surface area contributed by atoms with E-state index < -0.39 is 0 Å². The molecule has 0 aromatic carbocycles. The Kier molecular flexibility index (Phi) is 7.34. The molecule has 138 valence electrons. The van der Waals surface area contributed by atoms with Gasteiger partial charge in [0.25, 0.3) is 0 Å². The van der Waals surface area contributed by atoms with Crippen molar-refractivity contribution in [3.05, 3.63) is 0 Å². The maximum atomic E-state index is 11.9. The molecule has 24 heavy (non-hydrogen) atoms. The molecule has 2 N–H and O–H groups in total. The number of carbonyl (C=O) groups excluding carboxylic acids is 1. The van der Waals surface area contributed by atoms with Crippen molar-refractivity contribution in [2.75, 3.05) is 32.8 Å². The van der Waals surface area contributed by atoms with Gasteiger partial charge in [-0.05, 0) is 46.0 Å². The Balaban J connectivity index is 1.80. The third kappa shape index (κ3) is 5.36. The van der Waals surface area contributed by atoms with Crippen LogP contribution in [0.4, 0.5) is 0 Å². The number of hydrogen-bond acceptors (Lipinski definition) is 3. The Morgan fingerprint density at radius 2 is 2.21 bits per heavy atom. The average molecular weight is 338 g/mol. The van der Waals surface area contributed by atoms with Gasteiger partial charge in [0.1, 0.15) is 0 Å². The van der Waals surface area contributed by atoms with Gasteiger partial charge in [0, 0.05) is 38.7 Å². The topological polar surface area (TPSA) is 66.0 Å². The summed E-state index contributed by atoms with van der Waals surface area (Å²) < 4.78 is 5.80. The highest BCUT2D eigenvalue weighted by molar-refractivity contribution is 5.80. The molecule has 6 nitrogen and oxygen atoms in total. The molecular weight excluding hydrogens is 304 g/mol. The summed E-state index contributed by atoms with van der Waals surface area (Å²) in [5.41, 5.74) is -0.115. The summed E-state index contributed by atoms with van der Waals surface area (Å²) in [6.07, 6.45) is 5.88. The van der Waals surface area contributed by atoms with Gasteiger partial charge in [0.05, 0.1) is 12.1 Å². The first-order chi connectivity index (χ1) is 11.6. The highest BCUT2D eigenvalue weighted by Crippen LogP contribution is 2.25. The highest BCUT2D eigenvalue weighted by atomic mass is 16.5. The minimum atomic E-state index is -0.115. The molecule has 0 saturated carbocycles. The molecule has 2 heterocycles. The number of hydrogen-bond donors (Lipinski definition) is 2. The van der Waals surface area contributed by atoms with Crippen molar-refractivity contribution in [2.45, 2.75) is 70.9 Å². The second kappa shape index (κ2) is 9.25. The molecule has 0 aromatic heterocycles. The van der Waals surface area contributed by atoms with Crippen molar-refractivity contribution >= 4 is 11.9 Å². The number of amides is 1. The van der Waals surface area contributed by atoms with Gasteiger partial charge in [-0.3, -0.25) is 9.79 Å². The second-order valence-corrected chi connectivity index (χ2v) is 7.07. The second-order valence-electron chi connectivity index (χ2n) is 7.07. The minimum Gasteiger partial charge on any atom is -0.373 e. The standard InChI is InChI=1S/C18H34N4O2/c1-4-15(22-12-6-8-16(22)23)9-11-20-17(19-5-2)21-14-18(3)10-7-13-24-18/h15H,4-14H2,1-3H3,(H2,19,20,21). The first-order valence-electron chi connectivity index (χ1n) is 9.53. The molecule has 2 unspecified atom stereocenters. The van der Waals surface area contributed by atoms with E-state index in [0.717, 1.165) is 64.3 Å². The van der Waals surface area contributed by atoms with Crippen LogP contribution in [-0.2, 0) is 9.53 Å². The van der Waals surface area contributed by atoms with Gasteiger partial charge in [-0.25, -0.2) is 0 Å². The van der Waals surface area contributed by atoms with E-state index in [9.17, 15) is 4.79 Å². The summed E-state index contributed by atoms with van der Waals surface area (Å²) in [7, 11) is 0. The van der Waals surface area contributed by atoms with Crippen molar-refractivity contribution in [1.82, 2.24) is 15.5 Å². The van der Waals surface area contributed by atoms with Crippen LogP contribution >= 0.6 is 0 Å². The van der Waals surface area contributed by atoms with Gasteiger partial charge in [0.2, 0.25) is 5.91 Å². The normalized spacial score (nSPS) is 26.0. The van der Waals surface area contributed by atoms with E-state index in [1.807, 2.05) is 0 Å². The monoisotopic (exact) mass is 338 g/mol. The van der Waals surface area contributed by atoms with Crippen LogP contribution in [-0.4, -0.2) is 61.2 Å². The number of carbonyl (C=O) groups is 1. The van der Waals surface area contributed by atoms with Gasteiger partial charge < -0.3 is 20.3 Å². The molecule has 2 rings (SSSR count). The summed E-state index contributed by atoms with van der Waals surface area (Å²) in [5, 5.41) is 6.71. The van der Waals surface area contributed by atoms with Crippen molar-refractivity contribution in [3.8, 4) is 0 Å². The summed E-state index contributed by atoms with van der Waals surface area (Å²) in [5.74, 6) is 1.16. The van der Waals surface area contributed by atoms with Crippen molar-refractivity contribution in [2.24, 2.45) is 4.99 Å². The molecule has 0 spiro atoms. The van der Waals surface area contributed by atoms with Crippen LogP contribution < -0.4 is 10.6 Å². The fourth-order valence-electron chi connectivity index (χ4n) is 3.54. The Morgan fingerprint density at radius 1 is 1.38 bits per heavy atom. The number of guanidine groups is 1. The lowest BCUT2D eigenvalue weighted by molar-refractivity contribution is -0.129. The van der Waals surface area contributed by atoms with Crippen molar-refractivity contribution in [1.29, 1.82) is 0 Å². The van der Waals surface area contributed by atoms with Crippen LogP contribution in [0.15, 0.2) is 4.99 Å². The zero-order valence-electron chi connectivity index (χ0n) is 15.6. The summed E-state index contributed by atoms with van der Waals surface area (Å²) in [6.45, 7) is 10.5. The maximum Gasteiger partial charge on any atom is 0.222 e. The van der Waals surface area contributed by atoms with Crippen LogP contribution in [0.5, 0.6) is 0 Å². The van der Waals surface area contributed by atoms with Crippen molar-refractivity contribution < 1.29 is 9.53 Å². The number of aliphatic imine (C=N–C) groups is 1. The lowest BCUT2D eigenvalue weighted by Crippen LogP contribution is -2.42. The van der Waals surface area contributed by atoms with Crippen LogP contribution in [0.2, 0.25) is 0 Å². The zero-order chi connectivity index (χ0) is 17.4. The third-order valence-corrected chi connectivity index (χ3v) is 5.01. The van der Waals surface area contributed by atoms with Gasteiger partial charge in [-0.1, -0.05) is 6.92 Å². The number of likely N-dealkylation sites (tertiary alicyclic amines) is 1. The van der Waals surface area contributed by atoms with Crippen LogP contribution in [0, 0.1) is 0 Å². The van der Waals surface area contributed by atoms with E-state index >= 15 is 0 Å². The van der Waals surface area contributed by atoms with E-state index in [1.165, 1.54) is 0 Å². The van der Waals surface area contributed by atoms with Crippen LogP contribution in [0.25, 0.3) is 0 Å². The van der Waals surface area contributed by atoms with Crippen molar-refractivity contribution in [3.63, 3.8) is 0 Å². The molecular formula is C18H34N4O2. The fraction of sp³-hybridized carbons (Fsp3) is 0.889. The molecule has 2 atom stereocenters. The molecule has 0 bridgehead atoms. The SMILES string of the molecule is CCNC(=NCC1(C)CCCO1)NCCC(CC)N1CCCC1=O. The van der Waals surface area contributed by atoms with Crippen LogP contribution in [0.3, 0.4) is 0 Å². The smallest absolute Gasteiger partial charge is 0.222 e. The summed E-state index contributed by atoms with van der Waals surface area (Å²) >= 11 is 0. The number of rotatable bonds is 8. The van der Waals surface area contributed by atoms with Gasteiger partial charge in [-0.15, -0.1) is 0 Å². The summed E-state index contributed by atoms with van der Waals surface area (Å²) in [6, 6.07) is 0.339. The maximum absolute atomic E-state index is 11.9. The average Bonchev–Trinajstić information content (AvgIpc) is 3.18. The van der Waals surface area contributed by atoms with Gasteiger partial charge in [-0.2, -0.15) is 0 Å². The predicted octanol–water partition coefficient (Wildman–Crippen LogP) is 1.90. The highest BCUT2D eigenvalue weighted by Gasteiger charge is 2.29. The molecule has 0 aliphatic carbocycles. The molecule has 2 fully saturated rings. The molecule has 0 radical (unpaired) electrons. The largest absolute Gasteiger partial charge is 0.373 e. The molecule has 1 amide bonds. The number of nitrogens with zero attached hydrogens (tertiary/aromatic N) is 2. The van der Waals surface area contributed by atoms with Gasteiger partial charge in [0.15, 0.2) is 5.96 Å². The predicted molar refractivity (Wildman–Crippen MR) is 97.2 cm³/mol. The first kappa shape index (κ1) is 19.0. The number of nitrogens with one attached hydrogen (secondary N) is 2. The van der Waals surface area contributed by atoms with E-state index in [-0.39, 0.29) is 5.60 Å². The Morgan fingerprint density at radius 3 is 2.79 bits per heavy atom. The number of ether oxygens (including phenoxy) is 1. The Hall–Kier alpha value is -1.30. The summed E-state index contributed by atoms with van der Waals surface area (Å²) in [4.78, 5) is 18.7. The first-order valence-corrected chi connectivity index (χ1v) is 9.53. The fourth-order valence-corrected chi connectivity index (χ4v) is 3.54. The Bertz CT molecular complexity index is 433.